The van der Waals surface area contributed by atoms with E-state index in [1.54, 1.807) is 0 Å². The molecule has 14 heavy (non-hydrogen) atoms. The molecule has 0 bridgehead atoms. The van der Waals surface area contributed by atoms with Gasteiger partial charge in [-0.1, -0.05) is 45.8 Å². The van der Waals surface area contributed by atoms with Crippen LogP contribution in [0.2, 0.25) is 0 Å². The zero-order valence-electron chi connectivity index (χ0n) is 8.17. The Labute approximate surface area is 98.5 Å². The molecule has 3 heteroatoms. The van der Waals surface area contributed by atoms with Gasteiger partial charge in [0.15, 0.2) is 0 Å². The number of hydrogen-bond donors (Lipinski definition) is 0. The summed E-state index contributed by atoms with van der Waals surface area (Å²) < 4.78 is 5.60. The van der Waals surface area contributed by atoms with Gasteiger partial charge in [-0.25, -0.2) is 0 Å². The van der Waals surface area contributed by atoms with E-state index in [0.717, 1.165) is 5.33 Å². The summed E-state index contributed by atoms with van der Waals surface area (Å²) in [5, 5.41) is 0.780. The van der Waals surface area contributed by atoms with Crippen molar-refractivity contribution in [2.24, 2.45) is 0 Å². The Morgan fingerprint density at radius 2 is 2.29 bits per heavy atom. The first-order chi connectivity index (χ1) is 6.76. The van der Waals surface area contributed by atoms with Gasteiger partial charge in [0.1, 0.15) is 0 Å². The molecule has 1 unspecified atom stereocenters. The van der Waals surface area contributed by atoms with Crippen molar-refractivity contribution >= 4 is 27.5 Å². The molecule has 0 heterocycles. The van der Waals surface area contributed by atoms with Crippen molar-refractivity contribution in [2.45, 2.75) is 19.6 Å². The Hall–Kier alpha value is -0.0500. The molecule has 0 saturated carbocycles. The topological polar surface area (TPSA) is 9.23 Å². The van der Waals surface area contributed by atoms with E-state index in [2.05, 4.69) is 41.1 Å². The fourth-order valence-corrected chi connectivity index (χ4v) is 2.02. The van der Waals surface area contributed by atoms with Crippen LogP contribution in [0.15, 0.2) is 24.3 Å². The van der Waals surface area contributed by atoms with E-state index in [0.29, 0.717) is 12.5 Å². The predicted octanol–water partition coefficient (Wildman–Crippen LogP) is 3.51. The van der Waals surface area contributed by atoms with Gasteiger partial charge in [-0.3, -0.25) is 0 Å². The summed E-state index contributed by atoms with van der Waals surface area (Å²) >= 11 is 9.06. The van der Waals surface area contributed by atoms with Gasteiger partial charge in [0.2, 0.25) is 0 Å². The van der Waals surface area contributed by atoms with Crippen molar-refractivity contribution in [1.29, 1.82) is 0 Å². The molecule has 0 aliphatic carbocycles. The largest absolute Gasteiger partial charge is 0.371 e. The van der Waals surface area contributed by atoms with Gasteiger partial charge in [0.05, 0.1) is 12.7 Å². The van der Waals surface area contributed by atoms with E-state index in [1.165, 1.54) is 11.1 Å². The maximum absolute atomic E-state index is 5.71. The SMILES string of the molecule is Cc1cccc(COC(CCl)CBr)c1. The Balaban J connectivity index is 2.44. The third kappa shape index (κ3) is 3.99. The standard InChI is InChI=1S/C11H14BrClO/c1-9-3-2-4-10(5-9)8-14-11(6-12)7-13/h2-5,11H,6-8H2,1H3. The summed E-state index contributed by atoms with van der Waals surface area (Å²) in [6, 6.07) is 8.30. The van der Waals surface area contributed by atoms with Gasteiger partial charge in [0.25, 0.3) is 0 Å². The first kappa shape index (κ1) is 12.0. The summed E-state index contributed by atoms with van der Waals surface area (Å²) in [5.74, 6) is 0.525. The lowest BCUT2D eigenvalue weighted by atomic mass is 10.1. The molecule has 1 atom stereocenters. The van der Waals surface area contributed by atoms with Crippen LogP contribution in [0.25, 0.3) is 0 Å². The average molecular weight is 278 g/mol. The van der Waals surface area contributed by atoms with E-state index in [1.807, 2.05) is 6.07 Å². The first-order valence-corrected chi connectivity index (χ1v) is 6.21. The lowest BCUT2D eigenvalue weighted by Gasteiger charge is -2.12. The molecule has 0 aliphatic rings. The Bertz CT molecular complexity index is 274. The van der Waals surface area contributed by atoms with E-state index in [-0.39, 0.29) is 6.10 Å². The highest BCUT2D eigenvalue weighted by atomic mass is 79.9. The number of hydrogen-bond acceptors (Lipinski definition) is 1. The second-order valence-electron chi connectivity index (χ2n) is 3.23. The van der Waals surface area contributed by atoms with Gasteiger partial charge in [0, 0.05) is 11.2 Å². The molecular formula is C11H14BrClO. The van der Waals surface area contributed by atoms with Crippen molar-refractivity contribution in [3.63, 3.8) is 0 Å². The van der Waals surface area contributed by atoms with Crippen molar-refractivity contribution < 1.29 is 4.74 Å². The lowest BCUT2D eigenvalue weighted by molar-refractivity contribution is 0.0717. The number of benzene rings is 1. The number of aryl methyl sites for hydroxylation is 1. The molecule has 78 valence electrons. The maximum atomic E-state index is 5.71. The second kappa shape index (κ2) is 6.44. The molecular weight excluding hydrogens is 263 g/mol. The van der Waals surface area contributed by atoms with Crippen LogP contribution in [0.1, 0.15) is 11.1 Å². The zero-order chi connectivity index (χ0) is 10.4. The summed E-state index contributed by atoms with van der Waals surface area (Å²) in [6.45, 7) is 2.71. The molecule has 0 aromatic heterocycles. The van der Waals surface area contributed by atoms with Crippen LogP contribution in [0.4, 0.5) is 0 Å². The van der Waals surface area contributed by atoms with Crippen molar-refractivity contribution in [1.82, 2.24) is 0 Å². The molecule has 1 aromatic rings. The van der Waals surface area contributed by atoms with Crippen LogP contribution >= 0.6 is 27.5 Å². The summed E-state index contributed by atoms with van der Waals surface area (Å²) in [5.41, 5.74) is 2.45. The molecule has 0 amide bonds. The van der Waals surface area contributed by atoms with Gasteiger partial charge in [-0.2, -0.15) is 0 Å². The smallest absolute Gasteiger partial charge is 0.0811 e. The molecule has 0 N–H and O–H groups in total. The Morgan fingerprint density at radius 1 is 1.50 bits per heavy atom. The van der Waals surface area contributed by atoms with E-state index in [9.17, 15) is 0 Å². The quantitative estimate of drug-likeness (QED) is 0.748. The summed E-state index contributed by atoms with van der Waals surface area (Å²) in [4.78, 5) is 0. The van der Waals surface area contributed by atoms with Gasteiger partial charge in [-0.15, -0.1) is 11.6 Å². The third-order valence-electron chi connectivity index (χ3n) is 1.91. The van der Waals surface area contributed by atoms with Crippen LogP contribution in [0.3, 0.4) is 0 Å². The van der Waals surface area contributed by atoms with Gasteiger partial charge < -0.3 is 4.74 Å². The fraction of sp³-hybridized carbons (Fsp3) is 0.455. The molecule has 0 fully saturated rings. The highest BCUT2D eigenvalue weighted by Crippen LogP contribution is 2.08. The molecule has 1 rings (SSSR count). The molecule has 0 spiro atoms. The average Bonchev–Trinajstić information content (AvgIpc) is 2.19. The molecule has 0 saturated heterocycles. The molecule has 1 nitrogen and oxygen atoms in total. The van der Waals surface area contributed by atoms with Crippen molar-refractivity contribution in [3.05, 3.63) is 35.4 Å². The minimum Gasteiger partial charge on any atom is -0.371 e. The second-order valence-corrected chi connectivity index (χ2v) is 4.19. The van der Waals surface area contributed by atoms with Crippen molar-refractivity contribution in [3.8, 4) is 0 Å². The number of ether oxygens (including phenoxy) is 1. The number of halogens is 2. The lowest BCUT2D eigenvalue weighted by Crippen LogP contribution is -2.16. The Kier molecular flexibility index (Phi) is 5.53. The van der Waals surface area contributed by atoms with E-state index < -0.39 is 0 Å². The zero-order valence-corrected chi connectivity index (χ0v) is 10.5. The predicted molar refractivity (Wildman–Crippen MR) is 64.3 cm³/mol. The fourth-order valence-electron chi connectivity index (χ4n) is 1.15. The molecule has 0 aliphatic heterocycles. The maximum Gasteiger partial charge on any atom is 0.0811 e. The number of rotatable bonds is 5. The summed E-state index contributed by atoms with van der Waals surface area (Å²) in [7, 11) is 0. The monoisotopic (exact) mass is 276 g/mol. The van der Waals surface area contributed by atoms with Crippen LogP contribution < -0.4 is 0 Å². The van der Waals surface area contributed by atoms with E-state index in [4.69, 9.17) is 16.3 Å². The third-order valence-corrected chi connectivity index (χ3v) is 2.98. The van der Waals surface area contributed by atoms with Crippen molar-refractivity contribution in [2.75, 3.05) is 11.2 Å². The van der Waals surface area contributed by atoms with Crippen LogP contribution in [0.5, 0.6) is 0 Å². The van der Waals surface area contributed by atoms with Gasteiger partial charge >= 0.3 is 0 Å². The minimum absolute atomic E-state index is 0.0946. The molecule has 0 radical (unpaired) electrons. The van der Waals surface area contributed by atoms with Crippen LogP contribution in [-0.4, -0.2) is 17.3 Å². The number of alkyl halides is 2. The normalized spacial score (nSPS) is 12.8. The van der Waals surface area contributed by atoms with Gasteiger partial charge in [-0.05, 0) is 12.5 Å². The van der Waals surface area contributed by atoms with Crippen LogP contribution in [0, 0.1) is 6.92 Å². The van der Waals surface area contributed by atoms with E-state index >= 15 is 0 Å². The Morgan fingerprint density at radius 3 is 2.86 bits per heavy atom. The minimum atomic E-state index is 0.0946. The highest BCUT2D eigenvalue weighted by molar-refractivity contribution is 9.09. The highest BCUT2D eigenvalue weighted by Gasteiger charge is 2.05. The first-order valence-electron chi connectivity index (χ1n) is 4.55. The molecule has 1 aromatic carbocycles. The van der Waals surface area contributed by atoms with Crippen LogP contribution in [-0.2, 0) is 11.3 Å². The summed E-state index contributed by atoms with van der Waals surface area (Å²) in [6.07, 6.45) is 0.0946.